The summed E-state index contributed by atoms with van der Waals surface area (Å²) >= 11 is 0. The second-order valence-electron chi connectivity index (χ2n) is 5.42. The molecule has 126 valence electrons. The van der Waals surface area contributed by atoms with Crippen LogP contribution in [-0.4, -0.2) is 23.2 Å². The van der Waals surface area contributed by atoms with E-state index in [1.54, 1.807) is 6.07 Å². The Bertz CT molecular complexity index is 748. The highest BCUT2D eigenvalue weighted by Gasteiger charge is 2.17. The lowest BCUT2D eigenvalue weighted by Crippen LogP contribution is -2.06. The molecule has 0 aliphatic carbocycles. The van der Waals surface area contributed by atoms with Crippen molar-refractivity contribution in [3.8, 4) is 11.5 Å². The molecule has 2 aromatic rings. The standard InChI is InChI=1S/C17H18N2O5/c20-11-12-5-6-15(19(21)22)14(9-12)18-10-13-3-1-4-16-17(13)24-8-2-7-23-16/h1,3-6,9,18,20H,2,7-8,10-11H2. The monoisotopic (exact) mass is 330 g/mol. The number of nitro groups is 1. The lowest BCUT2D eigenvalue weighted by molar-refractivity contribution is -0.384. The van der Waals surface area contributed by atoms with E-state index in [0.717, 1.165) is 12.0 Å². The van der Waals surface area contributed by atoms with Crippen molar-refractivity contribution in [2.45, 2.75) is 19.6 Å². The second kappa shape index (κ2) is 7.18. The predicted molar refractivity (Wildman–Crippen MR) is 88.4 cm³/mol. The Balaban J connectivity index is 1.85. The summed E-state index contributed by atoms with van der Waals surface area (Å²) in [5.41, 5.74) is 1.79. The number of benzene rings is 2. The molecule has 7 nitrogen and oxygen atoms in total. The van der Waals surface area contributed by atoms with Crippen molar-refractivity contribution < 1.29 is 19.5 Å². The van der Waals surface area contributed by atoms with Crippen molar-refractivity contribution in [1.29, 1.82) is 0 Å². The fourth-order valence-electron chi connectivity index (χ4n) is 2.57. The zero-order valence-corrected chi connectivity index (χ0v) is 13.0. The van der Waals surface area contributed by atoms with Crippen LogP contribution in [0.2, 0.25) is 0 Å². The zero-order valence-electron chi connectivity index (χ0n) is 13.0. The Labute approximate surface area is 139 Å². The molecule has 7 heteroatoms. The van der Waals surface area contributed by atoms with Crippen LogP contribution in [0.3, 0.4) is 0 Å². The van der Waals surface area contributed by atoms with Crippen LogP contribution in [-0.2, 0) is 13.2 Å². The molecule has 0 aromatic heterocycles. The molecule has 0 saturated heterocycles. The Kier molecular flexibility index (Phi) is 4.81. The normalized spacial score (nSPS) is 13.2. The van der Waals surface area contributed by atoms with E-state index >= 15 is 0 Å². The number of hydrogen-bond acceptors (Lipinski definition) is 6. The number of hydrogen-bond donors (Lipinski definition) is 2. The highest BCUT2D eigenvalue weighted by Crippen LogP contribution is 2.34. The molecular weight excluding hydrogens is 312 g/mol. The molecule has 0 unspecified atom stereocenters. The van der Waals surface area contributed by atoms with Gasteiger partial charge in [0.15, 0.2) is 11.5 Å². The third-order valence-corrected chi connectivity index (χ3v) is 3.76. The van der Waals surface area contributed by atoms with Gasteiger partial charge in [0.2, 0.25) is 0 Å². The third kappa shape index (κ3) is 3.41. The molecule has 0 fully saturated rings. The van der Waals surface area contributed by atoms with Gasteiger partial charge in [-0.15, -0.1) is 0 Å². The quantitative estimate of drug-likeness (QED) is 0.647. The van der Waals surface area contributed by atoms with Crippen LogP contribution in [0.1, 0.15) is 17.5 Å². The number of nitrogens with zero attached hydrogens (tertiary/aromatic N) is 1. The summed E-state index contributed by atoms with van der Waals surface area (Å²) in [5, 5.41) is 23.5. The zero-order chi connectivity index (χ0) is 16.9. The molecule has 24 heavy (non-hydrogen) atoms. The largest absolute Gasteiger partial charge is 0.490 e. The van der Waals surface area contributed by atoms with E-state index in [9.17, 15) is 15.2 Å². The fourth-order valence-corrected chi connectivity index (χ4v) is 2.57. The molecule has 2 aromatic carbocycles. The minimum absolute atomic E-state index is 0.0358. The Morgan fingerprint density at radius 1 is 1.21 bits per heavy atom. The van der Waals surface area contributed by atoms with Gasteiger partial charge in [-0.2, -0.15) is 0 Å². The first kappa shape index (κ1) is 16.1. The lowest BCUT2D eigenvalue weighted by atomic mass is 10.1. The maximum absolute atomic E-state index is 11.2. The first-order valence-electron chi connectivity index (χ1n) is 7.68. The van der Waals surface area contributed by atoms with Crippen LogP contribution in [0.15, 0.2) is 36.4 Å². The van der Waals surface area contributed by atoms with Crippen molar-refractivity contribution >= 4 is 11.4 Å². The molecule has 3 rings (SSSR count). The molecule has 0 spiro atoms. The first-order valence-corrected chi connectivity index (χ1v) is 7.68. The predicted octanol–water partition coefficient (Wildman–Crippen LogP) is 2.86. The minimum Gasteiger partial charge on any atom is -0.490 e. The Morgan fingerprint density at radius 2 is 2.04 bits per heavy atom. The van der Waals surface area contributed by atoms with Crippen LogP contribution in [0.4, 0.5) is 11.4 Å². The number of rotatable bonds is 5. The Morgan fingerprint density at radius 3 is 2.83 bits per heavy atom. The molecule has 0 amide bonds. The number of aliphatic hydroxyl groups excluding tert-OH is 1. The van der Waals surface area contributed by atoms with Gasteiger partial charge in [-0.25, -0.2) is 0 Å². The fraction of sp³-hybridized carbons (Fsp3) is 0.294. The van der Waals surface area contributed by atoms with Crippen LogP contribution >= 0.6 is 0 Å². The van der Waals surface area contributed by atoms with Crippen molar-refractivity contribution in [3.63, 3.8) is 0 Å². The number of aliphatic hydroxyl groups is 1. The summed E-state index contributed by atoms with van der Waals surface area (Å²) in [7, 11) is 0. The van der Waals surface area contributed by atoms with E-state index in [-0.39, 0.29) is 12.3 Å². The van der Waals surface area contributed by atoms with Crippen LogP contribution in [0.5, 0.6) is 11.5 Å². The number of para-hydroxylation sites is 1. The van der Waals surface area contributed by atoms with Gasteiger partial charge in [0.1, 0.15) is 5.69 Å². The summed E-state index contributed by atoms with van der Waals surface area (Å²) in [6, 6.07) is 10.1. The summed E-state index contributed by atoms with van der Waals surface area (Å²) in [6.45, 7) is 1.35. The molecular formula is C17H18N2O5. The first-order chi connectivity index (χ1) is 11.7. The molecule has 0 atom stereocenters. The number of ether oxygens (including phenoxy) is 2. The molecule has 1 heterocycles. The summed E-state index contributed by atoms with van der Waals surface area (Å²) in [4.78, 5) is 10.7. The van der Waals surface area contributed by atoms with Gasteiger partial charge >= 0.3 is 0 Å². The number of nitrogens with one attached hydrogen (secondary N) is 1. The topological polar surface area (TPSA) is 93.9 Å². The summed E-state index contributed by atoms with van der Waals surface area (Å²) < 4.78 is 11.4. The minimum atomic E-state index is -0.450. The maximum atomic E-state index is 11.2. The molecule has 0 bridgehead atoms. The average Bonchev–Trinajstić information content (AvgIpc) is 2.85. The molecule has 1 aliphatic heterocycles. The number of nitro benzene ring substituents is 1. The second-order valence-corrected chi connectivity index (χ2v) is 5.42. The van der Waals surface area contributed by atoms with Crippen LogP contribution in [0, 0.1) is 10.1 Å². The molecule has 1 aliphatic rings. The van der Waals surface area contributed by atoms with Crippen molar-refractivity contribution in [2.75, 3.05) is 18.5 Å². The summed E-state index contributed by atoms with van der Waals surface area (Å²) in [5.74, 6) is 1.36. The van der Waals surface area contributed by atoms with Gasteiger partial charge in [-0.3, -0.25) is 10.1 Å². The molecule has 0 saturated carbocycles. The van der Waals surface area contributed by atoms with E-state index in [0.29, 0.717) is 42.5 Å². The summed E-state index contributed by atoms with van der Waals surface area (Å²) in [6.07, 6.45) is 0.811. The number of fused-ring (bicyclic) bond motifs is 1. The number of anilines is 1. The van der Waals surface area contributed by atoms with Gasteiger partial charge in [-0.1, -0.05) is 12.1 Å². The van der Waals surface area contributed by atoms with Gasteiger partial charge < -0.3 is 19.9 Å². The highest BCUT2D eigenvalue weighted by atomic mass is 16.6. The molecule has 0 radical (unpaired) electrons. The van der Waals surface area contributed by atoms with Crippen molar-refractivity contribution in [2.24, 2.45) is 0 Å². The van der Waals surface area contributed by atoms with E-state index < -0.39 is 4.92 Å². The SMILES string of the molecule is O=[N+]([O-])c1ccc(CO)cc1NCc1cccc2c1OCCCO2. The van der Waals surface area contributed by atoms with E-state index in [1.165, 1.54) is 12.1 Å². The average molecular weight is 330 g/mol. The van der Waals surface area contributed by atoms with Gasteiger partial charge in [0.25, 0.3) is 5.69 Å². The molecule has 2 N–H and O–H groups in total. The highest BCUT2D eigenvalue weighted by molar-refractivity contribution is 5.63. The van der Waals surface area contributed by atoms with E-state index in [2.05, 4.69) is 5.32 Å². The Hall–Kier alpha value is -2.80. The van der Waals surface area contributed by atoms with Gasteiger partial charge in [0, 0.05) is 24.6 Å². The van der Waals surface area contributed by atoms with Crippen molar-refractivity contribution in [1.82, 2.24) is 0 Å². The smallest absolute Gasteiger partial charge is 0.292 e. The third-order valence-electron chi connectivity index (χ3n) is 3.76. The van der Waals surface area contributed by atoms with Crippen LogP contribution in [0.25, 0.3) is 0 Å². The van der Waals surface area contributed by atoms with E-state index in [4.69, 9.17) is 9.47 Å². The lowest BCUT2D eigenvalue weighted by Gasteiger charge is -2.14. The van der Waals surface area contributed by atoms with E-state index in [1.807, 2.05) is 18.2 Å². The van der Waals surface area contributed by atoms with Gasteiger partial charge in [-0.05, 0) is 23.8 Å². The maximum Gasteiger partial charge on any atom is 0.292 e. The van der Waals surface area contributed by atoms with Gasteiger partial charge in [0.05, 0.1) is 24.7 Å². The van der Waals surface area contributed by atoms with Crippen molar-refractivity contribution in [3.05, 3.63) is 57.6 Å². The van der Waals surface area contributed by atoms with Crippen LogP contribution < -0.4 is 14.8 Å².